The van der Waals surface area contributed by atoms with Crippen molar-refractivity contribution >= 4 is 11.9 Å². The average Bonchev–Trinajstić information content (AvgIpc) is 2.38. The Morgan fingerprint density at radius 2 is 1.55 bits per heavy atom. The molecule has 1 N–H and O–H groups in total. The van der Waals surface area contributed by atoms with Crippen LogP contribution in [0.4, 0.5) is 0 Å². The Hall–Kier alpha value is -1.06. The quantitative estimate of drug-likeness (QED) is 0.404. The molecule has 0 saturated heterocycles. The van der Waals surface area contributed by atoms with Crippen molar-refractivity contribution in [2.45, 2.75) is 90.6 Å². The first-order chi connectivity index (χ1) is 9.56. The van der Waals surface area contributed by atoms with Gasteiger partial charge in [-0.25, -0.2) is 0 Å². The van der Waals surface area contributed by atoms with Gasteiger partial charge in [-0.15, -0.1) is 0 Å². The van der Waals surface area contributed by atoms with Gasteiger partial charge in [0, 0.05) is 12.8 Å². The molecule has 0 aliphatic carbocycles. The van der Waals surface area contributed by atoms with E-state index in [0.29, 0.717) is 19.3 Å². The molecule has 0 aliphatic heterocycles. The van der Waals surface area contributed by atoms with Gasteiger partial charge in [0.15, 0.2) is 0 Å². The van der Waals surface area contributed by atoms with Crippen molar-refractivity contribution < 1.29 is 19.4 Å². The van der Waals surface area contributed by atoms with Crippen molar-refractivity contribution in [3.8, 4) is 0 Å². The minimum absolute atomic E-state index is 0.0202. The molecular weight excluding hydrogens is 256 g/mol. The Bertz CT molecular complexity index is 263. The van der Waals surface area contributed by atoms with Gasteiger partial charge >= 0.3 is 11.9 Å². The number of rotatable bonds is 13. The van der Waals surface area contributed by atoms with E-state index in [1.807, 2.05) is 6.92 Å². The lowest BCUT2D eigenvalue weighted by molar-refractivity contribution is -0.149. The fraction of sp³-hybridized carbons (Fsp3) is 0.875. The molecule has 20 heavy (non-hydrogen) atoms. The third-order valence-corrected chi connectivity index (χ3v) is 3.32. The molecule has 4 nitrogen and oxygen atoms in total. The zero-order valence-electron chi connectivity index (χ0n) is 13.0. The number of carboxylic acids is 1. The van der Waals surface area contributed by atoms with Gasteiger partial charge in [-0.1, -0.05) is 39.0 Å². The van der Waals surface area contributed by atoms with Crippen LogP contribution >= 0.6 is 0 Å². The van der Waals surface area contributed by atoms with Gasteiger partial charge in [-0.3, -0.25) is 9.59 Å². The Kier molecular flexibility index (Phi) is 12.3. The minimum Gasteiger partial charge on any atom is -0.481 e. The second-order valence-corrected chi connectivity index (χ2v) is 5.46. The van der Waals surface area contributed by atoms with Crippen LogP contribution in [0.3, 0.4) is 0 Å². The summed E-state index contributed by atoms with van der Waals surface area (Å²) in [6, 6.07) is 0. The molecule has 0 saturated carbocycles. The smallest absolute Gasteiger partial charge is 0.306 e. The van der Waals surface area contributed by atoms with Crippen molar-refractivity contribution in [3.05, 3.63) is 0 Å². The van der Waals surface area contributed by atoms with Crippen LogP contribution in [0, 0.1) is 0 Å². The molecule has 0 aliphatic rings. The SMILES string of the molecule is CCCCCCCCC(C)OC(=O)CCCCC(=O)O. The maximum Gasteiger partial charge on any atom is 0.306 e. The molecule has 1 unspecified atom stereocenters. The number of hydrogen-bond donors (Lipinski definition) is 1. The first-order valence-corrected chi connectivity index (χ1v) is 7.97. The van der Waals surface area contributed by atoms with E-state index in [4.69, 9.17) is 9.84 Å². The first-order valence-electron chi connectivity index (χ1n) is 7.97. The third-order valence-electron chi connectivity index (χ3n) is 3.32. The van der Waals surface area contributed by atoms with E-state index in [0.717, 1.165) is 12.8 Å². The van der Waals surface area contributed by atoms with Gasteiger partial charge in [-0.2, -0.15) is 0 Å². The Morgan fingerprint density at radius 1 is 0.950 bits per heavy atom. The summed E-state index contributed by atoms with van der Waals surface area (Å²) >= 11 is 0. The molecule has 0 bridgehead atoms. The van der Waals surface area contributed by atoms with Gasteiger partial charge < -0.3 is 9.84 Å². The predicted molar refractivity (Wildman–Crippen MR) is 79.7 cm³/mol. The number of carbonyl (C=O) groups excluding carboxylic acids is 1. The van der Waals surface area contributed by atoms with E-state index in [-0.39, 0.29) is 18.5 Å². The summed E-state index contributed by atoms with van der Waals surface area (Å²) in [5.74, 6) is -1.01. The summed E-state index contributed by atoms with van der Waals surface area (Å²) in [5.41, 5.74) is 0. The molecule has 0 aromatic carbocycles. The molecule has 0 aromatic heterocycles. The maximum atomic E-state index is 11.5. The number of carbonyl (C=O) groups is 2. The van der Waals surface area contributed by atoms with Gasteiger partial charge in [-0.05, 0) is 32.6 Å². The molecule has 0 heterocycles. The normalized spacial score (nSPS) is 12.1. The summed E-state index contributed by atoms with van der Waals surface area (Å²) in [4.78, 5) is 21.8. The standard InChI is InChI=1S/C16H30O4/c1-3-4-5-6-7-8-11-14(2)20-16(19)13-10-9-12-15(17)18/h14H,3-13H2,1-2H3,(H,17,18). The number of aliphatic carboxylic acids is 1. The van der Waals surface area contributed by atoms with Crippen molar-refractivity contribution in [1.29, 1.82) is 0 Å². The zero-order chi connectivity index (χ0) is 15.2. The largest absolute Gasteiger partial charge is 0.481 e. The summed E-state index contributed by atoms with van der Waals surface area (Å²) in [6.07, 6.45) is 9.94. The van der Waals surface area contributed by atoms with Crippen molar-refractivity contribution in [3.63, 3.8) is 0 Å². The molecular formula is C16H30O4. The first kappa shape index (κ1) is 18.9. The highest BCUT2D eigenvalue weighted by molar-refractivity contribution is 5.70. The minimum atomic E-state index is -0.810. The van der Waals surface area contributed by atoms with Crippen molar-refractivity contribution in [1.82, 2.24) is 0 Å². The highest BCUT2D eigenvalue weighted by atomic mass is 16.5. The molecule has 0 rings (SSSR count). The lowest BCUT2D eigenvalue weighted by Crippen LogP contribution is -2.14. The van der Waals surface area contributed by atoms with Crippen LogP contribution in [0.25, 0.3) is 0 Å². The number of carboxylic acid groups (broad SMARTS) is 1. The number of unbranched alkanes of at least 4 members (excludes halogenated alkanes) is 6. The van der Waals surface area contributed by atoms with Gasteiger partial charge in [0.05, 0.1) is 6.10 Å². The average molecular weight is 286 g/mol. The topological polar surface area (TPSA) is 63.6 Å². The van der Waals surface area contributed by atoms with Crippen molar-refractivity contribution in [2.75, 3.05) is 0 Å². The van der Waals surface area contributed by atoms with Crippen LogP contribution in [0.1, 0.15) is 84.5 Å². The molecule has 1 atom stereocenters. The molecule has 0 fully saturated rings. The Morgan fingerprint density at radius 3 is 2.20 bits per heavy atom. The second-order valence-electron chi connectivity index (χ2n) is 5.46. The molecule has 118 valence electrons. The van der Waals surface area contributed by atoms with Crippen LogP contribution in [0.5, 0.6) is 0 Å². The number of hydrogen-bond acceptors (Lipinski definition) is 3. The summed E-state index contributed by atoms with van der Waals surface area (Å²) in [5, 5.41) is 8.48. The fourth-order valence-electron chi connectivity index (χ4n) is 2.10. The monoisotopic (exact) mass is 286 g/mol. The number of esters is 1. The lowest BCUT2D eigenvalue weighted by Gasteiger charge is -2.13. The van der Waals surface area contributed by atoms with E-state index >= 15 is 0 Å². The predicted octanol–water partition coefficient (Wildman–Crippen LogP) is 4.31. The van der Waals surface area contributed by atoms with Crippen LogP contribution in [-0.2, 0) is 14.3 Å². The van der Waals surface area contributed by atoms with Crippen LogP contribution in [0.15, 0.2) is 0 Å². The van der Waals surface area contributed by atoms with Gasteiger partial charge in [0.25, 0.3) is 0 Å². The zero-order valence-corrected chi connectivity index (χ0v) is 13.0. The molecule has 0 spiro atoms. The van der Waals surface area contributed by atoms with E-state index in [1.54, 1.807) is 0 Å². The summed E-state index contributed by atoms with van der Waals surface area (Å²) in [7, 11) is 0. The molecule has 0 amide bonds. The molecule has 0 aromatic rings. The Balaban J connectivity index is 3.42. The van der Waals surface area contributed by atoms with E-state index in [1.165, 1.54) is 32.1 Å². The van der Waals surface area contributed by atoms with E-state index in [2.05, 4.69) is 6.92 Å². The third kappa shape index (κ3) is 13.4. The fourth-order valence-corrected chi connectivity index (χ4v) is 2.10. The number of ether oxygens (including phenoxy) is 1. The second kappa shape index (κ2) is 12.9. The summed E-state index contributed by atoms with van der Waals surface area (Å²) < 4.78 is 5.30. The van der Waals surface area contributed by atoms with E-state index < -0.39 is 5.97 Å². The van der Waals surface area contributed by atoms with Gasteiger partial charge in [0.1, 0.15) is 0 Å². The highest BCUT2D eigenvalue weighted by Gasteiger charge is 2.09. The van der Waals surface area contributed by atoms with Gasteiger partial charge in [0.2, 0.25) is 0 Å². The van der Waals surface area contributed by atoms with Crippen molar-refractivity contribution in [2.24, 2.45) is 0 Å². The lowest BCUT2D eigenvalue weighted by atomic mass is 10.1. The Labute approximate surface area is 122 Å². The maximum absolute atomic E-state index is 11.5. The molecule has 4 heteroatoms. The molecule has 0 radical (unpaired) electrons. The van der Waals surface area contributed by atoms with E-state index in [9.17, 15) is 9.59 Å². The summed E-state index contributed by atoms with van der Waals surface area (Å²) in [6.45, 7) is 4.14. The van der Waals surface area contributed by atoms with Crippen LogP contribution in [0.2, 0.25) is 0 Å². The highest BCUT2D eigenvalue weighted by Crippen LogP contribution is 2.11. The van der Waals surface area contributed by atoms with Crippen LogP contribution in [-0.4, -0.2) is 23.1 Å². The van der Waals surface area contributed by atoms with Crippen LogP contribution < -0.4 is 0 Å².